The van der Waals surface area contributed by atoms with Crippen LogP contribution in [0.4, 0.5) is 4.39 Å². The molecule has 1 aromatic carbocycles. The molecule has 0 amide bonds. The summed E-state index contributed by atoms with van der Waals surface area (Å²) >= 11 is 0. The normalized spacial score (nSPS) is 11.7. The third-order valence-corrected chi connectivity index (χ3v) is 4.09. The van der Waals surface area contributed by atoms with Gasteiger partial charge < -0.3 is 5.32 Å². The van der Waals surface area contributed by atoms with Gasteiger partial charge in [0.05, 0.1) is 5.75 Å². The van der Waals surface area contributed by atoms with Gasteiger partial charge in [0, 0.05) is 6.54 Å². The van der Waals surface area contributed by atoms with Crippen LogP contribution in [-0.2, 0) is 16.6 Å². The van der Waals surface area contributed by atoms with Crippen LogP contribution in [0.3, 0.4) is 0 Å². The van der Waals surface area contributed by atoms with Gasteiger partial charge in [0.15, 0.2) is 0 Å². The van der Waals surface area contributed by atoms with E-state index in [2.05, 4.69) is 10.0 Å². The maximum Gasteiger partial charge on any atom is 0.211 e. The number of sulfonamides is 1. The average molecular weight is 288 g/mol. The van der Waals surface area contributed by atoms with E-state index in [0.717, 1.165) is 25.1 Å². The van der Waals surface area contributed by atoms with Gasteiger partial charge in [-0.15, -0.1) is 0 Å². The zero-order chi connectivity index (χ0) is 14.1. The molecule has 1 aromatic rings. The van der Waals surface area contributed by atoms with Gasteiger partial charge in [0.2, 0.25) is 10.0 Å². The van der Waals surface area contributed by atoms with Gasteiger partial charge in [-0.3, -0.25) is 0 Å². The quantitative estimate of drug-likeness (QED) is 0.679. The van der Waals surface area contributed by atoms with E-state index in [1.54, 1.807) is 12.1 Å². The van der Waals surface area contributed by atoms with Crippen molar-refractivity contribution in [3.63, 3.8) is 0 Å². The average Bonchev–Trinajstić information content (AvgIpc) is 2.38. The smallest absolute Gasteiger partial charge is 0.211 e. The van der Waals surface area contributed by atoms with Crippen molar-refractivity contribution in [3.8, 4) is 0 Å². The summed E-state index contributed by atoms with van der Waals surface area (Å²) < 4.78 is 38.6. The van der Waals surface area contributed by atoms with Gasteiger partial charge in [-0.25, -0.2) is 17.5 Å². The molecule has 0 aliphatic heterocycles. The lowest BCUT2D eigenvalue weighted by atomic mass is 10.2. The monoisotopic (exact) mass is 288 g/mol. The van der Waals surface area contributed by atoms with Crippen molar-refractivity contribution in [2.45, 2.75) is 26.3 Å². The summed E-state index contributed by atoms with van der Waals surface area (Å²) in [6.07, 6.45) is 1.47. The first-order valence-electron chi connectivity index (χ1n) is 6.46. The number of hydrogen-bond donors (Lipinski definition) is 2. The molecule has 0 aliphatic carbocycles. The van der Waals surface area contributed by atoms with Crippen LogP contribution in [0.5, 0.6) is 0 Å². The van der Waals surface area contributed by atoms with Gasteiger partial charge in [0.25, 0.3) is 0 Å². The fourth-order valence-electron chi connectivity index (χ4n) is 1.59. The number of benzene rings is 1. The van der Waals surface area contributed by atoms with Crippen LogP contribution in [0.15, 0.2) is 24.3 Å². The summed E-state index contributed by atoms with van der Waals surface area (Å²) in [5, 5.41) is 3.15. The molecule has 0 aliphatic rings. The minimum atomic E-state index is -3.25. The molecule has 0 heterocycles. The summed E-state index contributed by atoms with van der Waals surface area (Å²) in [6, 6.07) is 5.78. The number of hydrogen-bond acceptors (Lipinski definition) is 3. The summed E-state index contributed by atoms with van der Waals surface area (Å²) in [4.78, 5) is 0. The highest BCUT2D eigenvalue weighted by molar-refractivity contribution is 7.89. The largest absolute Gasteiger partial charge is 0.317 e. The molecule has 0 bridgehead atoms. The summed E-state index contributed by atoms with van der Waals surface area (Å²) in [7, 11) is -3.25. The van der Waals surface area contributed by atoms with Crippen LogP contribution >= 0.6 is 0 Å². The zero-order valence-corrected chi connectivity index (χ0v) is 12.0. The molecule has 0 aromatic heterocycles. The molecule has 0 saturated carbocycles. The summed E-state index contributed by atoms with van der Waals surface area (Å²) in [5.41, 5.74) is 0.748. The van der Waals surface area contributed by atoms with E-state index in [1.165, 1.54) is 12.1 Å². The Balaban J connectivity index is 2.28. The number of rotatable bonds is 9. The predicted molar refractivity (Wildman–Crippen MR) is 74.8 cm³/mol. The molecule has 108 valence electrons. The number of unbranched alkanes of at least 4 members (excludes halogenated alkanes) is 1. The van der Waals surface area contributed by atoms with Crippen molar-refractivity contribution in [2.75, 3.05) is 18.8 Å². The lowest BCUT2D eigenvalue weighted by Crippen LogP contribution is -2.26. The summed E-state index contributed by atoms with van der Waals surface area (Å²) in [5.74, 6) is -0.199. The van der Waals surface area contributed by atoms with Crippen molar-refractivity contribution < 1.29 is 12.8 Å². The summed E-state index contributed by atoms with van der Waals surface area (Å²) in [6.45, 7) is 3.95. The molecule has 1 rings (SSSR count). The first kappa shape index (κ1) is 16.1. The fraction of sp³-hybridized carbons (Fsp3) is 0.538. The van der Waals surface area contributed by atoms with Crippen molar-refractivity contribution in [1.29, 1.82) is 0 Å². The van der Waals surface area contributed by atoms with Gasteiger partial charge >= 0.3 is 0 Å². The predicted octanol–water partition coefficient (Wildman–Crippen LogP) is 1.63. The topological polar surface area (TPSA) is 58.2 Å². The molecule has 2 N–H and O–H groups in total. The zero-order valence-electron chi connectivity index (χ0n) is 11.2. The first-order valence-corrected chi connectivity index (χ1v) is 8.11. The van der Waals surface area contributed by atoms with E-state index in [0.29, 0.717) is 6.42 Å². The lowest BCUT2D eigenvalue weighted by molar-refractivity contribution is 0.574. The van der Waals surface area contributed by atoms with Crippen LogP contribution in [-0.4, -0.2) is 27.3 Å². The van der Waals surface area contributed by atoms with Crippen LogP contribution in [0.25, 0.3) is 0 Å². The van der Waals surface area contributed by atoms with Crippen molar-refractivity contribution >= 4 is 10.0 Å². The molecule has 0 fully saturated rings. The molecule has 0 spiro atoms. The molecule has 0 atom stereocenters. The SMILES string of the molecule is CCNCCCCS(=O)(=O)NCc1ccc(F)cc1. The van der Waals surface area contributed by atoms with E-state index in [9.17, 15) is 12.8 Å². The highest BCUT2D eigenvalue weighted by Gasteiger charge is 2.09. The van der Waals surface area contributed by atoms with Gasteiger partial charge in [-0.05, 0) is 43.6 Å². The molecule has 4 nitrogen and oxygen atoms in total. The van der Waals surface area contributed by atoms with Crippen molar-refractivity contribution in [2.24, 2.45) is 0 Å². The van der Waals surface area contributed by atoms with Crippen LogP contribution in [0.2, 0.25) is 0 Å². The van der Waals surface area contributed by atoms with Crippen molar-refractivity contribution in [3.05, 3.63) is 35.6 Å². The Morgan fingerprint density at radius 3 is 2.47 bits per heavy atom. The van der Waals surface area contributed by atoms with Gasteiger partial charge in [-0.2, -0.15) is 0 Å². The minimum absolute atomic E-state index is 0.125. The van der Waals surface area contributed by atoms with Crippen molar-refractivity contribution in [1.82, 2.24) is 10.0 Å². The van der Waals surface area contributed by atoms with E-state index >= 15 is 0 Å². The first-order chi connectivity index (χ1) is 9.03. The Kier molecular flexibility index (Phi) is 6.97. The standard InChI is InChI=1S/C13H21FN2O2S/c1-2-15-9-3-4-10-19(17,18)16-11-12-5-7-13(14)8-6-12/h5-8,15-16H,2-4,9-11H2,1H3. The third kappa shape index (κ3) is 7.25. The molecule has 0 radical (unpaired) electrons. The number of nitrogens with one attached hydrogen (secondary N) is 2. The third-order valence-electron chi connectivity index (χ3n) is 2.68. The van der Waals surface area contributed by atoms with E-state index in [1.807, 2.05) is 6.92 Å². The Morgan fingerprint density at radius 1 is 1.16 bits per heavy atom. The molecule has 6 heteroatoms. The Labute approximate surface area is 114 Å². The van der Waals surface area contributed by atoms with E-state index in [4.69, 9.17) is 0 Å². The maximum atomic E-state index is 12.7. The molecule has 0 saturated heterocycles. The van der Waals surface area contributed by atoms with Crippen LogP contribution in [0.1, 0.15) is 25.3 Å². The minimum Gasteiger partial charge on any atom is -0.317 e. The van der Waals surface area contributed by atoms with E-state index in [-0.39, 0.29) is 18.1 Å². The molecular formula is C13H21FN2O2S. The highest BCUT2D eigenvalue weighted by atomic mass is 32.2. The Bertz CT molecular complexity index is 460. The molecular weight excluding hydrogens is 267 g/mol. The second-order valence-electron chi connectivity index (χ2n) is 4.33. The fourth-order valence-corrected chi connectivity index (χ4v) is 2.70. The lowest BCUT2D eigenvalue weighted by Gasteiger charge is -2.07. The molecule has 0 unspecified atom stereocenters. The molecule has 19 heavy (non-hydrogen) atoms. The Hall–Kier alpha value is -0.980. The van der Waals surface area contributed by atoms with Crippen LogP contribution in [0, 0.1) is 5.82 Å². The van der Waals surface area contributed by atoms with Crippen LogP contribution < -0.4 is 10.0 Å². The Morgan fingerprint density at radius 2 is 1.84 bits per heavy atom. The van der Waals surface area contributed by atoms with Gasteiger partial charge in [0.1, 0.15) is 5.82 Å². The second kappa shape index (κ2) is 8.24. The van der Waals surface area contributed by atoms with Gasteiger partial charge in [-0.1, -0.05) is 19.1 Å². The highest BCUT2D eigenvalue weighted by Crippen LogP contribution is 2.03. The number of halogens is 1. The maximum absolute atomic E-state index is 12.7. The van der Waals surface area contributed by atoms with E-state index < -0.39 is 10.0 Å². The second-order valence-corrected chi connectivity index (χ2v) is 6.25.